The summed E-state index contributed by atoms with van der Waals surface area (Å²) in [6.45, 7) is 7.05. The van der Waals surface area contributed by atoms with Gasteiger partial charge in [0.05, 0.1) is 12.1 Å². The van der Waals surface area contributed by atoms with E-state index in [0.717, 1.165) is 41.2 Å². The van der Waals surface area contributed by atoms with Gasteiger partial charge >= 0.3 is 5.97 Å². The molecule has 0 radical (unpaired) electrons. The number of aryl methyl sites for hydroxylation is 1. The van der Waals surface area contributed by atoms with Gasteiger partial charge in [-0.3, -0.25) is 0 Å². The third kappa shape index (κ3) is 4.08. The summed E-state index contributed by atoms with van der Waals surface area (Å²) in [7, 11) is 0. The smallest absolute Gasteiger partial charge is 0.336 e. The van der Waals surface area contributed by atoms with Crippen LogP contribution in [0.15, 0.2) is 48.5 Å². The van der Waals surface area contributed by atoms with Gasteiger partial charge in [0.25, 0.3) is 0 Å². The number of hydrogen-bond donors (Lipinski definition) is 1. The third-order valence-electron chi connectivity index (χ3n) is 4.87. The molecule has 0 saturated carbocycles. The lowest BCUT2D eigenvalue weighted by atomic mass is 9.99. The quantitative estimate of drug-likeness (QED) is 0.657. The van der Waals surface area contributed by atoms with E-state index in [4.69, 9.17) is 0 Å². The summed E-state index contributed by atoms with van der Waals surface area (Å²) in [4.78, 5) is 16.1. The first kappa shape index (κ1) is 18.8. The van der Waals surface area contributed by atoms with E-state index in [1.807, 2.05) is 41.1 Å². The van der Waals surface area contributed by atoms with Crippen molar-refractivity contribution in [3.05, 3.63) is 71.3 Å². The molecule has 0 saturated heterocycles. The number of nitrogens with zero attached hydrogens (tertiary/aromatic N) is 3. The van der Waals surface area contributed by atoms with Crippen LogP contribution in [0.4, 0.5) is 0 Å². The lowest BCUT2D eigenvalue weighted by Crippen LogP contribution is -2.09. The number of carboxylic acid groups (broad SMARTS) is 1. The fraction of sp³-hybridized carbons (Fsp3) is 0.318. The van der Waals surface area contributed by atoms with E-state index < -0.39 is 5.97 Å². The lowest BCUT2D eigenvalue weighted by Gasteiger charge is -2.11. The fourth-order valence-electron chi connectivity index (χ4n) is 3.10. The molecule has 0 fully saturated rings. The fourth-order valence-corrected chi connectivity index (χ4v) is 3.10. The summed E-state index contributed by atoms with van der Waals surface area (Å²) in [5.41, 5.74) is 3.05. The average molecular weight is 363 g/mol. The van der Waals surface area contributed by atoms with Crippen molar-refractivity contribution in [3.63, 3.8) is 0 Å². The van der Waals surface area contributed by atoms with E-state index in [1.54, 1.807) is 12.1 Å². The molecule has 1 heterocycles. The molecule has 1 aromatic heterocycles. The van der Waals surface area contributed by atoms with Crippen LogP contribution in [-0.2, 0) is 13.0 Å². The Hall–Kier alpha value is -2.95. The van der Waals surface area contributed by atoms with Gasteiger partial charge in [0.2, 0.25) is 0 Å². The number of carboxylic acids is 1. The van der Waals surface area contributed by atoms with Crippen molar-refractivity contribution < 1.29 is 9.90 Å². The van der Waals surface area contributed by atoms with Gasteiger partial charge in [-0.1, -0.05) is 63.2 Å². The highest BCUT2D eigenvalue weighted by Crippen LogP contribution is 2.25. The van der Waals surface area contributed by atoms with Crippen molar-refractivity contribution in [3.8, 4) is 11.1 Å². The molecule has 140 valence electrons. The third-order valence-corrected chi connectivity index (χ3v) is 4.87. The highest BCUT2D eigenvalue weighted by atomic mass is 16.4. The Bertz CT molecular complexity index is 929. The highest BCUT2D eigenvalue weighted by molar-refractivity contribution is 5.95. The number of aromatic carboxylic acids is 1. The minimum atomic E-state index is -0.914. The van der Waals surface area contributed by atoms with E-state index in [1.165, 1.54) is 0 Å². The molecule has 3 rings (SSSR count). The normalized spacial score (nSPS) is 12.1. The van der Waals surface area contributed by atoms with Crippen LogP contribution in [-0.4, -0.2) is 25.8 Å². The summed E-state index contributed by atoms with van der Waals surface area (Å²) in [6.07, 6.45) is 1.84. The molecule has 1 unspecified atom stereocenters. The minimum absolute atomic E-state index is 0.313. The molecule has 5 nitrogen and oxygen atoms in total. The summed E-state index contributed by atoms with van der Waals surface area (Å²) >= 11 is 0. The summed E-state index contributed by atoms with van der Waals surface area (Å²) < 4.78 is 1.99. The SMILES string of the molecule is CCc1nc(C(C)CC)n(Cc2ccc(-c3ccccc3C(=O)O)cc2)n1. The van der Waals surface area contributed by atoms with Gasteiger partial charge < -0.3 is 5.11 Å². The zero-order chi connectivity index (χ0) is 19.4. The van der Waals surface area contributed by atoms with E-state index in [9.17, 15) is 9.90 Å². The molecule has 0 aliphatic carbocycles. The number of hydrogen-bond acceptors (Lipinski definition) is 3. The van der Waals surface area contributed by atoms with Crippen LogP contribution in [0, 0.1) is 0 Å². The molecule has 0 aliphatic heterocycles. The Morgan fingerprint density at radius 3 is 2.44 bits per heavy atom. The molecule has 5 heteroatoms. The van der Waals surface area contributed by atoms with Gasteiger partial charge in [0, 0.05) is 12.3 Å². The number of carbonyl (C=O) groups is 1. The molecule has 1 atom stereocenters. The topological polar surface area (TPSA) is 68.0 Å². The summed E-state index contributed by atoms with van der Waals surface area (Å²) in [5.74, 6) is 1.34. The highest BCUT2D eigenvalue weighted by Gasteiger charge is 2.15. The number of rotatable bonds is 7. The van der Waals surface area contributed by atoms with Gasteiger partial charge in [-0.25, -0.2) is 14.5 Å². The van der Waals surface area contributed by atoms with E-state index in [-0.39, 0.29) is 0 Å². The molecule has 27 heavy (non-hydrogen) atoms. The first-order valence-electron chi connectivity index (χ1n) is 9.38. The maximum atomic E-state index is 11.4. The maximum absolute atomic E-state index is 11.4. The first-order chi connectivity index (χ1) is 13.0. The molecular weight excluding hydrogens is 338 g/mol. The van der Waals surface area contributed by atoms with Gasteiger partial charge in [-0.2, -0.15) is 5.10 Å². The van der Waals surface area contributed by atoms with Crippen molar-refractivity contribution in [2.24, 2.45) is 0 Å². The minimum Gasteiger partial charge on any atom is -0.478 e. The van der Waals surface area contributed by atoms with Gasteiger partial charge in [-0.15, -0.1) is 0 Å². The van der Waals surface area contributed by atoms with Gasteiger partial charge in [0.1, 0.15) is 5.82 Å². The predicted octanol–water partition coefficient (Wildman–Crippen LogP) is 4.77. The Morgan fingerprint density at radius 1 is 1.11 bits per heavy atom. The van der Waals surface area contributed by atoms with Crippen molar-refractivity contribution >= 4 is 5.97 Å². The van der Waals surface area contributed by atoms with Crippen LogP contribution in [0.25, 0.3) is 11.1 Å². The number of aromatic nitrogens is 3. The zero-order valence-electron chi connectivity index (χ0n) is 16.0. The molecule has 1 N–H and O–H groups in total. The molecule has 2 aromatic carbocycles. The van der Waals surface area contributed by atoms with Crippen LogP contribution in [0.2, 0.25) is 0 Å². The second-order valence-electron chi connectivity index (χ2n) is 6.75. The van der Waals surface area contributed by atoms with Crippen molar-refractivity contribution in [1.29, 1.82) is 0 Å². The maximum Gasteiger partial charge on any atom is 0.336 e. The standard InChI is InChI=1S/C22H25N3O2/c1-4-15(3)21-23-20(5-2)24-25(21)14-16-10-12-17(13-11-16)18-8-6-7-9-19(18)22(26)27/h6-13,15H,4-5,14H2,1-3H3,(H,26,27). The van der Waals surface area contributed by atoms with E-state index >= 15 is 0 Å². The van der Waals surface area contributed by atoms with E-state index in [0.29, 0.717) is 18.0 Å². The van der Waals surface area contributed by atoms with Crippen molar-refractivity contribution in [2.75, 3.05) is 0 Å². The molecule has 3 aromatic rings. The van der Waals surface area contributed by atoms with Crippen LogP contribution in [0.5, 0.6) is 0 Å². The largest absolute Gasteiger partial charge is 0.478 e. The molecule has 0 aliphatic rings. The molecule has 0 amide bonds. The number of benzene rings is 2. The summed E-state index contributed by atoms with van der Waals surface area (Å²) in [6, 6.07) is 15.1. The van der Waals surface area contributed by atoms with E-state index in [2.05, 4.69) is 30.9 Å². The summed E-state index contributed by atoms with van der Waals surface area (Å²) in [5, 5.41) is 14.0. The zero-order valence-corrected chi connectivity index (χ0v) is 16.0. The molecule has 0 bridgehead atoms. The molecular formula is C22H25N3O2. The second-order valence-corrected chi connectivity index (χ2v) is 6.75. The van der Waals surface area contributed by atoms with Crippen LogP contribution < -0.4 is 0 Å². The Labute approximate surface area is 159 Å². The van der Waals surface area contributed by atoms with Crippen LogP contribution in [0.3, 0.4) is 0 Å². The Balaban J connectivity index is 1.87. The van der Waals surface area contributed by atoms with Gasteiger partial charge in [-0.05, 0) is 29.2 Å². The Kier molecular flexibility index (Phi) is 5.69. The van der Waals surface area contributed by atoms with Crippen LogP contribution in [0.1, 0.15) is 60.7 Å². The average Bonchev–Trinajstić information content (AvgIpc) is 3.11. The van der Waals surface area contributed by atoms with Crippen molar-refractivity contribution in [1.82, 2.24) is 14.8 Å². The predicted molar refractivity (Wildman–Crippen MR) is 106 cm³/mol. The Morgan fingerprint density at radius 2 is 1.81 bits per heavy atom. The van der Waals surface area contributed by atoms with Gasteiger partial charge in [0.15, 0.2) is 5.82 Å². The first-order valence-corrected chi connectivity index (χ1v) is 9.38. The monoisotopic (exact) mass is 363 g/mol. The second kappa shape index (κ2) is 8.16. The molecule has 0 spiro atoms. The van der Waals surface area contributed by atoms with Crippen LogP contribution >= 0.6 is 0 Å². The lowest BCUT2D eigenvalue weighted by molar-refractivity contribution is 0.0697. The van der Waals surface area contributed by atoms with Crippen molar-refractivity contribution in [2.45, 2.75) is 46.1 Å².